The monoisotopic (exact) mass is 395 g/mol. The molecule has 1 atom stereocenters. The lowest BCUT2D eigenvalue weighted by atomic mass is 9.92. The highest BCUT2D eigenvalue weighted by molar-refractivity contribution is 5.81. The normalized spacial score (nSPS) is 16.0. The van der Waals surface area contributed by atoms with Gasteiger partial charge < -0.3 is 14.6 Å². The second-order valence-corrected chi connectivity index (χ2v) is 7.30. The number of carbonyl (C=O) groups excluding carboxylic acids is 1. The summed E-state index contributed by atoms with van der Waals surface area (Å²) in [5.74, 6) is 0.191. The zero-order valence-electron chi connectivity index (χ0n) is 16.1. The highest BCUT2D eigenvalue weighted by Gasteiger charge is 2.28. The number of hydrogen-bond donors (Lipinski definition) is 1. The minimum atomic E-state index is -0.651. The van der Waals surface area contributed by atoms with Crippen LogP contribution in [0.2, 0.25) is 0 Å². The van der Waals surface area contributed by atoms with E-state index < -0.39 is 6.10 Å². The maximum absolute atomic E-state index is 13.0. The van der Waals surface area contributed by atoms with Crippen LogP contribution in [0.3, 0.4) is 0 Å². The van der Waals surface area contributed by atoms with Crippen molar-refractivity contribution in [2.24, 2.45) is 0 Å². The number of likely N-dealkylation sites (tertiary alicyclic amines) is 1. The van der Waals surface area contributed by atoms with Crippen molar-refractivity contribution in [1.82, 2.24) is 14.9 Å². The fourth-order valence-electron chi connectivity index (χ4n) is 3.76. The fraction of sp³-hybridized carbons (Fsp3) is 0.318. The molecule has 0 aliphatic carbocycles. The first-order chi connectivity index (χ1) is 14.0. The first-order valence-corrected chi connectivity index (χ1v) is 9.70. The predicted octanol–water partition coefficient (Wildman–Crippen LogP) is 3.24. The molecule has 0 spiro atoms. The van der Waals surface area contributed by atoms with E-state index in [4.69, 9.17) is 4.74 Å². The summed E-state index contributed by atoms with van der Waals surface area (Å²) >= 11 is 0. The first-order valence-electron chi connectivity index (χ1n) is 9.70. The average Bonchev–Trinajstić information content (AvgIpc) is 2.75. The molecular weight excluding hydrogens is 373 g/mol. The van der Waals surface area contributed by atoms with Crippen LogP contribution >= 0.6 is 0 Å². The molecule has 4 rings (SSSR count). The molecule has 1 aliphatic rings. The third-order valence-electron chi connectivity index (χ3n) is 5.35. The Morgan fingerprint density at radius 1 is 1.24 bits per heavy atom. The number of H-pyrrole nitrogens is 1. The highest BCUT2D eigenvalue weighted by atomic mass is 19.1. The average molecular weight is 395 g/mol. The lowest BCUT2D eigenvalue weighted by Gasteiger charge is -2.33. The molecule has 1 unspecified atom stereocenters. The second-order valence-electron chi connectivity index (χ2n) is 7.30. The number of nitrogens with one attached hydrogen (secondary N) is 1. The van der Waals surface area contributed by atoms with E-state index >= 15 is 0 Å². The number of nitrogens with zero attached hydrogens (tertiary/aromatic N) is 2. The zero-order valence-corrected chi connectivity index (χ0v) is 16.1. The van der Waals surface area contributed by atoms with E-state index in [9.17, 15) is 14.0 Å². The molecule has 1 amide bonds. The summed E-state index contributed by atoms with van der Waals surface area (Å²) in [6.07, 6.45) is 2.53. The van der Waals surface area contributed by atoms with E-state index in [0.717, 1.165) is 18.5 Å². The van der Waals surface area contributed by atoms with Crippen LogP contribution in [0.5, 0.6) is 5.75 Å². The van der Waals surface area contributed by atoms with Crippen molar-refractivity contribution in [1.29, 1.82) is 0 Å². The van der Waals surface area contributed by atoms with Crippen molar-refractivity contribution in [3.63, 3.8) is 0 Å². The van der Waals surface area contributed by atoms with Crippen LogP contribution in [-0.2, 0) is 4.79 Å². The van der Waals surface area contributed by atoms with Crippen molar-refractivity contribution in [2.45, 2.75) is 31.8 Å². The van der Waals surface area contributed by atoms with Crippen LogP contribution in [0.15, 0.2) is 53.5 Å². The van der Waals surface area contributed by atoms with Crippen LogP contribution in [0.25, 0.3) is 10.9 Å². The standard InChI is InChI=1S/C22H22FN3O3/c1-14(29-17-6-4-16(23)5-7-17)22(28)26-11-8-15(9-12-26)19-13-20-18(21(27)25-19)3-2-10-24-20/h2-7,10,13-15H,8-9,11-12H2,1H3,(H,25,27). The van der Waals surface area contributed by atoms with Gasteiger partial charge in [0.25, 0.3) is 11.5 Å². The highest BCUT2D eigenvalue weighted by Crippen LogP contribution is 2.28. The Labute approximate surface area is 167 Å². The number of halogens is 1. The number of amides is 1. The van der Waals surface area contributed by atoms with Gasteiger partial charge in [0, 0.05) is 30.9 Å². The molecule has 3 heterocycles. The Balaban J connectivity index is 1.39. The van der Waals surface area contributed by atoms with Crippen molar-refractivity contribution in [2.75, 3.05) is 13.1 Å². The van der Waals surface area contributed by atoms with Gasteiger partial charge in [-0.25, -0.2) is 4.39 Å². The van der Waals surface area contributed by atoms with Crippen LogP contribution in [0.4, 0.5) is 4.39 Å². The third kappa shape index (κ3) is 4.13. The maximum atomic E-state index is 13.0. The molecule has 0 saturated carbocycles. The summed E-state index contributed by atoms with van der Waals surface area (Å²) in [4.78, 5) is 34.0. The largest absolute Gasteiger partial charge is 0.481 e. The van der Waals surface area contributed by atoms with Crippen LogP contribution in [-0.4, -0.2) is 40.0 Å². The molecule has 6 nitrogen and oxygen atoms in total. The van der Waals surface area contributed by atoms with Gasteiger partial charge in [-0.3, -0.25) is 14.6 Å². The number of fused-ring (bicyclic) bond motifs is 1. The number of ether oxygens (including phenoxy) is 1. The van der Waals surface area contributed by atoms with E-state index in [2.05, 4.69) is 9.97 Å². The molecule has 1 N–H and O–H groups in total. The van der Waals surface area contributed by atoms with Gasteiger partial charge >= 0.3 is 0 Å². The molecule has 3 aromatic rings. The lowest BCUT2D eigenvalue weighted by Crippen LogP contribution is -2.44. The Hall–Kier alpha value is -3.22. The maximum Gasteiger partial charge on any atom is 0.263 e. The number of pyridine rings is 2. The molecule has 0 bridgehead atoms. The van der Waals surface area contributed by atoms with E-state index in [-0.39, 0.29) is 23.2 Å². The topological polar surface area (TPSA) is 75.3 Å². The molecule has 150 valence electrons. The number of carbonyl (C=O) groups is 1. The summed E-state index contributed by atoms with van der Waals surface area (Å²) in [6, 6.07) is 11.1. The zero-order chi connectivity index (χ0) is 20.4. The van der Waals surface area contributed by atoms with Crippen LogP contribution in [0, 0.1) is 5.82 Å². The second kappa shape index (κ2) is 8.03. The van der Waals surface area contributed by atoms with Gasteiger partial charge in [-0.2, -0.15) is 0 Å². The van der Waals surface area contributed by atoms with Gasteiger partial charge in [-0.1, -0.05) is 0 Å². The van der Waals surface area contributed by atoms with Gasteiger partial charge in [-0.05, 0) is 62.2 Å². The minimum absolute atomic E-state index is 0.0959. The van der Waals surface area contributed by atoms with E-state index in [1.165, 1.54) is 24.3 Å². The number of benzene rings is 1. The van der Waals surface area contributed by atoms with Crippen molar-refractivity contribution in [3.05, 3.63) is 70.5 Å². The third-order valence-corrected chi connectivity index (χ3v) is 5.35. The Bertz CT molecular complexity index is 1070. The summed E-state index contributed by atoms with van der Waals surface area (Å²) in [6.45, 7) is 2.87. The molecule has 1 aliphatic heterocycles. The lowest BCUT2D eigenvalue weighted by molar-refractivity contribution is -0.139. The molecule has 2 aromatic heterocycles. The molecule has 1 saturated heterocycles. The summed E-state index contributed by atoms with van der Waals surface area (Å²) < 4.78 is 18.7. The summed E-state index contributed by atoms with van der Waals surface area (Å²) in [5, 5.41) is 0.579. The fourth-order valence-corrected chi connectivity index (χ4v) is 3.76. The van der Waals surface area contributed by atoms with Gasteiger partial charge in [-0.15, -0.1) is 0 Å². The first kappa shape index (κ1) is 19.1. The van der Waals surface area contributed by atoms with Crippen LogP contribution < -0.4 is 10.3 Å². The number of piperidine rings is 1. The Kier molecular flexibility index (Phi) is 5.29. The van der Waals surface area contributed by atoms with Crippen molar-refractivity contribution >= 4 is 16.8 Å². The van der Waals surface area contributed by atoms with E-state index in [0.29, 0.717) is 29.7 Å². The van der Waals surface area contributed by atoms with Crippen molar-refractivity contribution < 1.29 is 13.9 Å². The Morgan fingerprint density at radius 3 is 2.69 bits per heavy atom. The van der Waals surface area contributed by atoms with Crippen molar-refractivity contribution in [3.8, 4) is 5.75 Å². The number of aromatic amines is 1. The van der Waals surface area contributed by atoms with E-state index in [1.54, 1.807) is 30.2 Å². The van der Waals surface area contributed by atoms with Gasteiger partial charge in [0.15, 0.2) is 6.10 Å². The predicted molar refractivity (Wildman–Crippen MR) is 107 cm³/mol. The molecule has 1 aromatic carbocycles. The number of hydrogen-bond acceptors (Lipinski definition) is 4. The van der Waals surface area contributed by atoms with Gasteiger partial charge in [0.05, 0.1) is 10.9 Å². The minimum Gasteiger partial charge on any atom is -0.481 e. The summed E-state index contributed by atoms with van der Waals surface area (Å²) in [5.41, 5.74) is 1.42. The Morgan fingerprint density at radius 2 is 1.97 bits per heavy atom. The molecular formula is C22H22FN3O3. The van der Waals surface area contributed by atoms with Gasteiger partial charge in [0.2, 0.25) is 0 Å². The van der Waals surface area contributed by atoms with Gasteiger partial charge in [0.1, 0.15) is 11.6 Å². The quantitative estimate of drug-likeness (QED) is 0.736. The molecule has 7 heteroatoms. The molecule has 29 heavy (non-hydrogen) atoms. The number of rotatable bonds is 4. The SMILES string of the molecule is CC(Oc1ccc(F)cc1)C(=O)N1CCC(c2cc3ncccc3c(=O)[nH]2)CC1. The van der Waals surface area contributed by atoms with Crippen LogP contribution in [0.1, 0.15) is 31.4 Å². The smallest absolute Gasteiger partial charge is 0.263 e. The van der Waals surface area contributed by atoms with E-state index in [1.807, 2.05) is 6.07 Å². The summed E-state index contributed by atoms with van der Waals surface area (Å²) in [7, 11) is 0. The molecule has 0 radical (unpaired) electrons. The number of aromatic nitrogens is 2. The molecule has 1 fully saturated rings.